The van der Waals surface area contributed by atoms with Crippen LogP contribution in [0.4, 0.5) is 17.1 Å². The van der Waals surface area contributed by atoms with Crippen LogP contribution in [0.5, 0.6) is 5.75 Å². The summed E-state index contributed by atoms with van der Waals surface area (Å²) in [6.45, 7) is 4.65. The van der Waals surface area contributed by atoms with Crippen LogP contribution in [0, 0.1) is 6.92 Å². The maximum atomic E-state index is 5.89. The molecular formula is C16H20N2O. The molecule has 0 aliphatic rings. The van der Waals surface area contributed by atoms with Gasteiger partial charge in [-0.15, -0.1) is 0 Å². The Morgan fingerprint density at radius 3 is 2.32 bits per heavy atom. The molecule has 0 fully saturated rings. The molecule has 3 nitrogen and oxygen atoms in total. The van der Waals surface area contributed by atoms with Crippen LogP contribution in [0.2, 0.25) is 0 Å². The molecular weight excluding hydrogens is 236 g/mol. The number of anilines is 3. The third-order valence-corrected chi connectivity index (χ3v) is 3.11. The molecule has 2 aromatic carbocycles. The average molecular weight is 256 g/mol. The summed E-state index contributed by atoms with van der Waals surface area (Å²) in [5.74, 6) is 0.735. The first kappa shape index (κ1) is 13.3. The molecule has 0 unspecified atom stereocenters. The van der Waals surface area contributed by atoms with Crippen molar-refractivity contribution in [3.63, 3.8) is 0 Å². The molecule has 0 aliphatic carbocycles. The van der Waals surface area contributed by atoms with Crippen molar-refractivity contribution in [1.82, 2.24) is 0 Å². The number of hydrogen-bond donors (Lipinski definition) is 1. The SMILES string of the molecule is CCOc1cc(N(C)c2ccc(C)cc2)ccc1N. The third-order valence-electron chi connectivity index (χ3n) is 3.11. The zero-order valence-corrected chi connectivity index (χ0v) is 11.7. The van der Waals surface area contributed by atoms with E-state index in [1.807, 2.05) is 32.2 Å². The van der Waals surface area contributed by atoms with Crippen molar-refractivity contribution in [2.45, 2.75) is 13.8 Å². The van der Waals surface area contributed by atoms with Gasteiger partial charge in [0.25, 0.3) is 0 Å². The molecule has 2 aromatic rings. The fourth-order valence-corrected chi connectivity index (χ4v) is 1.93. The Kier molecular flexibility index (Phi) is 3.95. The number of nitrogens with zero attached hydrogens (tertiary/aromatic N) is 1. The van der Waals surface area contributed by atoms with Gasteiger partial charge in [0.05, 0.1) is 12.3 Å². The first-order valence-electron chi connectivity index (χ1n) is 6.44. The normalized spacial score (nSPS) is 10.3. The fraction of sp³-hybridized carbons (Fsp3) is 0.250. The molecule has 100 valence electrons. The molecule has 0 amide bonds. The number of ether oxygens (including phenoxy) is 1. The topological polar surface area (TPSA) is 38.5 Å². The molecule has 2 N–H and O–H groups in total. The molecule has 19 heavy (non-hydrogen) atoms. The van der Waals surface area contributed by atoms with Gasteiger partial charge in [-0.05, 0) is 38.1 Å². The van der Waals surface area contributed by atoms with E-state index in [2.05, 4.69) is 36.1 Å². The summed E-state index contributed by atoms with van der Waals surface area (Å²) in [5.41, 5.74) is 10.0. The fourth-order valence-electron chi connectivity index (χ4n) is 1.93. The van der Waals surface area contributed by atoms with Crippen molar-refractivity contribution in [1.29, 1.82) is 0 Å². The summed E-state index contributed by atoms with van der Waals surface area (Å²) in [5, 5.41) is 0. The van der Waals surface area contributed by atoms with Gasteiger partial charge >= 0.3 is 0 Å². The quantitative estimate of drug-likeness (QED) is 0.847. The standard InChI is InChI=1S/C16H20N2O/c1-4-19-16-11-14(9-10-15(16)17)18(3)13-7-5-12(2)6-8-13/h5-11H,4,17H2,1-3H3. The number of nitrogen functional groups attached to an aromatic ring is 1. The zero-order chi connectivity index (χ0) is 13.8. The van der Waals surface area contributed by atoms with Gasteiger partial charge in [0.2, 0.25) is 0 Å². The predicted molar refractivity (Wildman–Crippen MR) is 81.3 cm³/mol. The van der Waals surface area contributed by atoms with Crippen LogP contribution in [0.1, 0.15) is 12.5 Å². The Balaban J connectivity index is 2.30. The second-order valence-corrected chi connectivity index (χ2v) is 4.55. The van der Waals surface area contributed by atoms with Crippen LogP contribution in [-0.4, -0.2) is 13.7 Å². The lowest BCUT2D eigenvalue weighted by molar-refractivity contribution is 0.342. The molecule has 0 saturated carbocycles. The minimum absolute atomic E-state index is 0.613. The second kappa shape index (κ2) is 5.65. The monoisotopic (exact) mass is 256 g/mol. The molecule has 0 aliphatic heterocycles. The van der Waals surface area contributed by atoms with E-state index in [0.29, 0.717) is 12.3 Å². The summed E-state index contributed by atoms with van der Waals surface area (Å²) in [4.78, 5) is 2.11. The van der Waals surface area contributed by atoms with Crippen LogP contribution in [-0.2, 0) is 0 Å². The van der Waals surface area contributed by atoms with Crippen molar-refractivity contribution in [3.05, 3.63) is 48.0 Å². The Hall–Kier alpha value is -2.16. The van der Waals surface area contributed by atoms with Gasteiger partial charge in [0.15, 0.2) is 0 Å². The summed E-state index contributed by atoms with van der Waals surface area (Å²) >= 11 is 0. The average Bonchev–Trinajstić information content (AvgIpc) is 2.41. The minimum Gasteiger partial charge on any atom is -0.492 e. The summed E-state index contributed by atoms with van der Waals surface area (Å²) in [6.07, 6.45) is 0. The van der Waals surface area contributed by atoms with E-state index < -0.39 is 0 Å². The van der Waals surface area contributed by atoms with E-state index in [4.69, 9.17) is 10.5 Å². The molecule has 0 saturated heterocycles. The van der Waals surface area contributed by atoms with E-state index in [9.17, 15) is 0 Å². The van der Waals surface area contributed by atoms with Gasteiger partial charge in [-0.1, -0.05) is 17.7 Å². The summed E-state index contributed by atoms with van der Waals surface area (Å²) in [7, 11) is 2.03. The maximum absolute atomic E-state index is 5.89. The van der Waals surface area contributed by atoms with E-state index in [0.717, 1.165) is 17.1 Å². The lowest BCUT2D eigenvalue weighted by Gasteiger charge is -2.21. The lowest BCUT2D eigenvalue weighted by atomic mass is 10.2. The predicted octanol–water partition coefficient (Wildman–Crippen LogP) is 3.74. The van der Waals surface area contributed by atoms with Crippen LogP contribution in [0.25, 0.3) is 0 Å². The van der Waals surface area contributed by atoms with Crippen LogP contribution >= 0.6 is 0 Å². The molecule has 3 heteroatoms. The number of aryl methyl sites for hydroxylation is 1. The van der Waals surface area contributed by atoms with Crippen molar-refractivity contribution in [2.75, 3.05) is 24.3 Å². The van der Waals surface area contributed by atoms with Gasteiger partial charge in [-0.3, -0.25) is 0 Å². The van der Waals surface area contributed by atoms with E-state index in [-0.39, 0.29) is 0 Å². The maximum Gasteiger partial charge on any atom is 0.144 e. The Bertz CT molecular complexity index is 549. The zero-order valence-electron chi connectivity index (χ0n) is 11.7. The van der Waals surface area contributed by atoms with Gasteiger partial charge < -0.3 is 15.4 Å². The molecule has 0 heterocycles. The Labute approximate surface area is 114 Å². The number of nitrogens with two attached hydrogens (primary N) is 1. The number of benzene rings is 2. The molecule has 0 radical (unpaired) electrons. The van der Waals surface area contributed by atoms with Crippen LogP contribution in [0.3, 0.4) is 0 Å². The number of hydrogen-bond acceptors (Lipinski definition) is 3. The second-order valence-electron chi connectivity index (χ2n) is 4.55. The van der Waals surface area contributed by atoms with Gasteiger partial charge in [0, 0.05) is 24.5 Å². The van der Waals surface area contributed by atoms with Gasteiger partial charge in [-0.2, -0.15) is 0 Å². The first-order chi connectivity index (χ1) is 9.11. The summed E-state index contributed by atoms with van der Waals surface area (Å²) in [6, 6.07) is 14.3. The highest BCUT2D eigenvalue weighted by Gasteiger charge is 2.07. The molecule has 0 atom stereocenters. The third kappa shape index (κ3) is 2.99. The van der Waals surface area contributed by atoms with Crippen molar-refractivity contribution in [2.24, 2.45) is 0 Å². The lowest BCUT2D eigenvalue weighted by Crippen LogP contribution is -2.10. The molecule has 0 aromatic heterocycles. The van der Waals surface area contributed by atoms with Crippen molar-refractivity contribution in [3.8, 4) is 5.75 Å². The smallest absolute Gasteiger partial charge is 0.144 e. The van der Waals surface area contributed by atoms with Crippen molar-refractivity contribution < 1.29 is 4.74 Å². The van der Waals surface area contributed by atoms with Crippen LogP contribution < -0.4 is 15.4 Å². The summed E-state index contributed by atoms with van der Waals surface area (Å²) < 4.78 is 5.53. The van der Waals surface area contributed by atoms with Gasteiger partial charge in [0.1, 0.15) is 5.75 Å². The van der Waals surface area contributed by atoms with Crippen LogP contribution in [0.15, 0.2) is 42.5 Å². The van der Waals surface area contributed by atoms with Crippen molar-refractivity contribution >= 4 is 17.1 Å². The highest BCUT2D eigenvalue weighted by atomic mass is 16.5. The largest absolute Gasteiger partial charge is 0.492 e. The molecule has 0 spiro atoms. The first-order valence-corrected chi connectivity index (χ1v) is 6.44. The highest BCUT2D eigenvalue weighted by molar-refractivity contribution is 5.68. The van der Waals surface area contributed by atoms with E-state index >= 15 is 0 Å². The molecule has 2 rings (SSSR count). The Morgan fingerprint density at radius 1 is 1.05 bits per heavy atom. The van der Waals surface area contributed by atoms with Gasteiger partial charge in [-0.25, -0.2) is 0 Å². The van der Waals surface area contributed by atoms with E-state index in [1.54, 1.807) is 0 Å². The minimum atomic E-state index is 0.613. The molecule has 0 bridgehead atoms. The number of rotatable bonds is 4. The van der Waals surface area contributed by atoms with E-state index in [1.165, 1.54) is 5.56 Å². The Morgan fingerprint density at radius 2 is 1.68 bits per heavy atom. The highest BCUT2D eigenvalue weighted by Crippen LogP contribution is 2.30.